The maximum Gasteiger partial charge on any atom is 0.248 e. The van der Waals surface area contributed by atoms with Crippen LogP contribution in [0.4, 0.5) is 0 Å². The third kappa shape index (κ3) is 6.82. The minimum Gasteiger partial charge on any atom is -0.392 e. The van der Waals surface area contributed by atoms with Crippen molar-refractivity contribution >= 4 is 5.91 Å². The maximum absolute atomic E-state index is 11.2. The van der Waals surface area contributed by atoms with Gasteiger partial charge in [0.05, 0.1) is 6.10 Å². The van der Waals surface area contributed by atoms with Gasteiger partial charge in [-0.2, -0.15) is 0 Å². The van der Waals surface area contributed by atoms with Crippen molar-refractivity contribution in [2.24, 2.45) is 0 Å². The molecule has 0 rings (SSSR count). The number of carbonyl (C=O) groups is 1. The number of carbonyl (C=O) groups excluding carboxylic acids is 1. The Balaban J connectivity index is 3.32. The summed E-state index contributed by atoms with van der Waals surface area (Å²) in [6, 6.07) is 0. The van der Waals surface area contributed by atoms with Gasteiger partial charge >= 0.3 is 0 Å². The van der Waals surface area contributed by atoms with Gasteiger partial charge in [0.15, 0.2) is 0 Å². The summed E-state index contributed by atoms with van der Waals surface area (Å²) in [6.07, 6.45) is -0.768. The van der Waals surface area contributed by atoms with E-state index in [0.717, 1.165) is 0 Å². The fraction of sp³-hybridized carbons (Fsp3) is 0.889. The SMILES string of the molecule is COC(C)C(=O)NCCNCC(C)O. The zero-order chi connectivity index (χ0) is 11.0. The Hall–Kier alpha value is -0.650. The van der Waals surface area contributed by atoms with Gasteiger partial charge in [-0.3, -0.25) is 4.79 Å². The zero-order valence-electron chi connectivity index (χ0n) is 9.04. The zero-order valence-corrected chi connectivity index (χ0v) is 9.04. The summed E-state index contributed by atoms with van der Waals surface area (Å²) < 4.78 is 4.83. The fourth-order valence-corrected chi connectivity index (χ4v) is 0.836. The Kier molecular flexibility index (Phi) is 7.37. The van der Waals surface area contributed by atoms with Gasteiger partial charge in [0, 0.05) is 26.7 Å². The fourth-order valence-electron chi connectivity index (χ4n) is 0.836. The van der Waals surface area contributed by atoms with E-state index in [1.54, 1.807) is 13.8 Å². The van der Waals surface area contributed by atoms with E-state index in [1.165, 1.54) is 7.11 Å². The van der Waals surface area contributed by atoms with E-state index < -0.39 is 6.10 Å². The predicted octanol–water partition coefficient (Wildman–Crippen LogP) is -0.892. The first-order valence-corrected chi connectivity index (χ1v) is 4.77. The first kappa shape index (κ1) is 13.4. The summed E-state index contributed by atoms with van der Waals surface area (Å²) in [5, 5.41) is 14.6. The van der Waals surface area contributed by atoms with Crippen LogP contribution in [0.15, 0.2) is 0 Å². The molecule has 0 aromatic carbocycles. The van der Waals surface area contributed by atoms with Gasteiger partial charge in [-0.15, -0.1) is 0 Å². The summed E-state index contributed by atoms with van der Waals surface area (Å²) >= 11 is 0. The van der Waals surface area contributed by atoms with Gasteiger partial charge in [-0.1, -0.05) is 0 Å². The van der Waals surface area contributed by atoms with Crippen molar-refractivity contribution in [2.75, 3.05) is 26.7 Å². The van der Waals surface area contributed by atoms with Gasteiger partial charge in [0.25, 0.3) is 0 Å². The number of nitrogens with one attached hydrogen (secondary N) is 2. The molecule has 0 aliphatic heterocycles. The van der Waals surface area contributed by atoms with E-state index in [4.69, 9.17) is 9.84 Å². The smallest absolute Gasteiger partial charge is 0.248 e. The predicted molar refractivity (Wildman–Crippen MR) is 54.0 cm³/mol. The Morgan fingerprint density at radius 1 is 1.43 bits per heavy atom. The number of hydrogen-bond donors (Lipinski definition) is 3. The third-order valence-corrected chi connectivity index (χ3v) is 1.76. The quantitative estimate of drug-likeness (QED) is 0.470. The molecule has 0 spiro atoms. The number of amides is 1. The number of ether oxygens (including phenoxy) is 1. The van der Waals surface area contributed by atoms with Crippen LogP contribution in [0.1, 0.15) is 13.8 Å². The largest absolute Gasteiger partial charge is 0.392 e. The van der Waals surface area contributed by atoms with Crippen molar-refractivity contribution in [3.63, 3.8) is 0 Å². The molecule has 0 bridgehead atoms. The minimum atomic E-state index is -0.410. The highest BCUT2D eigenvalue weighted by atomic mass is 16.5. The molecule has 0 heterocycles. The first-order chi connectivity index (χ1) is 6.57. The van der Waals surface area contributed by atoms with Crippen molar-refractivity contribution in [1.82, 2.24) is 10.6 Å². The Morgan fingerprint density at radius 3 is 2.57 bits per heavy atom. The second-order valence-corrected chi connectivity index (χ2v) is 3.22. The Labute approximate surface area is 84.8 Å². The molecule has 5 nitrogen and oxygen atoms in total. The summed E-state index contributed by atoms with van der Waals surface area (Å²) in [4.78, 5) is 11.2. The van der Waals surface area contributed by atoms with Crippen LogP contribution in [0.25, 0.3) is 0 Å². The van der Waals surface area contributed by atoms with E-state index in [1.807, 2.05) is 0 Å². The molecule has 2 unspecified atom stereocenters. The molecule has 2 atom stereocenters. The lowest BCUT2D eigenvalue weighted by atomic mass is 10.3. The van der Waals surface area contributed by atoms with E-state index in [9.17, 15) is 4.79 Å². The second-order valence-electron chi connectivity index (χ2n) is 3.22. The van der Waals surface area contributed by atoms with Gasteiger partial charge in [0.1, 0.15) is 6.10 Å². The molecule has 0 saturated carbocycles. The molecule has 0 saturated heterocycles. The van der Waals surface area contributed by atoms with Gasteiger partial charge < -0.3 is 20.5 Å². The summed E-state index contributed by atoms with van der Waals surface area (Å²) in [5.74, 6) is -0.119. The molecule has 1 amide bonds. The van der Waals surface area contributed by atoms with E-state index >= 15 is 0 Å². The third-order valence-electron chi connectivity index (χ3n) is 1.76. The molecule has 0 radical (unpaired) electrons. The van der Waals surface area contributed by atoms with Crippen LogP contribution in [0.3, 0.4) is 0 Å². The molecule has 0 aliphatic rings. The van der Waals surface area contributed by atoms with Crippen molar-refractivity contribution in [3.05, 3.63) is 0 Å². The van der Waals surface area contributed by atoms with Crippen molar-refractivity contribution in [2.45, 2.75) is 26.1 Å². The molecular weight excluding hydrogens is 184 g/mol. The minimum absolute atomic E-state index is 0.119. The Morgan fingerprint density at radius 2 is 2.07 bits per heavy atom. The van der Waals surface area contributed by atoms with Crippen molar-refractivity contribution in [3.8, 4) is 0 Å². The molecule has 0 aliphatic carbocycles. The molecule has 0 fully saturated rings. The lowest BCUT2D eigenvalue weighted by Gasteiger charge is -2.11. The van der Waals surface area contributed by atoms with Crippen LogP contribution >= 0.6 is 0 Å². The normalized spacial score (nSPS) is 14.9. The van der Waals surface area contributed by atoms with Gasteiger partial charge in [-0.25, -0.2) is 0 Å². The molecular formula is C9H20N2O3. The second kappa shape index (κ2) is 7.73. The maximum atomic E-state index is 11.2. The van der Waals surface area contributed by atoms with Crippen LogP contribution in [0.2, 0.25) is 0 Å². The topological polar surface area (TPSA) is 70.6 Å². The molecule has 0 aromatic heterocycles. The average Bonchev–Trinajstić information content (AvgIpc) is 2.15. The molecule has 5 heteroatoms. The summed E-state index contributed by atoms with van der Waals surface area (Å²) in [7, 11) is 1.50. The number of aliphatic hydroxyl groups excluding tert-OH is 1. The summed E-state index contributed by atoms with van der Waals surface area (Å²) in [6.45, 7) is 5.12. The highest BCUT2D eigenvalue weighted by Gasteiger charge is 2.09. The first-order valence-electron chi connectivity index (χ1n) is 4.77. The molecule has 0 aromatic rings. The van der Waals surface area contributed by atoms with E-state index in [-0.39, 0.29) is 12.0 Å². The Bertz CT molecular complexity index is 162. The molecule has 3 N–H and O–H groups in total. The van der Waals surface area contributed by atoms with E-state index in [2.05, 4.69) is 10.6 Å². The lowest BCUT2D eigenvalue weighted by Crippen LogP contribution is -2.39. The van der Waals surface area contributed by atoms with Crippen LogP contribution in [0, 0.1) is 0 Å². The summed E-state index contributed by atoms with van der Waals surface area (Å²) in [5.41, 5.74) is 0. The van der Waals surface area contributed by atoms with Crippen molar-refractivity contribution < 1.29 is 14.6 Å². The monoisotopic (exact) mass is 204 g/mol. The van der Waals surface area contributed by atoms with Gasteiger partial charge in [-0.05, 0) is 13.8 Å². The van der Waals surface area contributed by atoms with Crippen molar-refractivity contribution in [1.29, 1.82) is 0 Å². The number of rotatable bonds is 7. The number of aliphatic hydroxyl groups is 1. The highest BCUT2D eigenvalue weighted by Crippen LogP contribution is 1.85. The number of hydrogen-bond acceptors (Lipinski definition) is 4. The van der Waals surface area contributed by atoms with E-state index in [0.29, 0.717) is 19.6 Å². The average molecular weight is 204 g/mol. The standard InChI is InChI=1S/C9H20N2O3/c1-7(12)6-10-4-5-11-9(13)8(2)14-3/h7-8,10,12H,4-6H2,1-3H3,(H,11,13). The lowest BCUT2D eigenvalue weighted by molar-refractivity contribution is -0.129. The van der Waals surface area contributed by atoms with Crippen LogP contribution in [-0.4, -0.2) is 50.0 Å². The van der Waals surface area contributed by atoms with Crippen LogP contribution in [0.5, 0.6) is 0 Å². The van der Waals surface area contributed by atoms with Crippen LogP contribution in [-0.2, 0) is 9.53 Å². The molecule has 14 heavy (non-hydrogen) atoms. The highest BCUT2D eigenvalue weighted by molar-refractivity contribution is 5.80. The number of methoxy groups -OCH3 is 1. The van der Waals surface area contributed by atoms with Gasteiger partial charge in [0.2, 0.25) is 5.91 Å². The van der Waals surface area contributed by atoms with Crippen LogP contribution < -0.4 is 10.6 Å². The molecule has 84 valence electrons.